The van der Waals surface area contributed by atoms with Crippen LogP contribution in [0, 0.1) is 0 Å². The van der Waals surface area contributed by atoms with Crippen LogP contribution in [0.5, 0.6) is 0 Å². The van der Waals surface area contributed by atoms with E-state index in [-0.39, 0.29) is 18.0 Å². The van der Waals surface area contributed by atoms with Gasteiger partial charge in [-0.2, -0.15) is 0 Å². The standard InChI is InChI=1S/C34H35N5O3/c40-31(19-23-9-3-1-4-10-23)38-17-7-13-28(38)33-36-26-16-15-25(21-27(26)37-33)30-22-35-34(42-30)29-14-8-18-39(29)32(41)20-24-11-5-2-6-12-24/h1-6,9-12,15-16,21-22,28-29,31,40H,7-8,13-14,17-20H2,(H,36,37). The highest BCUT2D eigenvalue weighted by molar-refractivity contribution is 5.81. The molecular weight excluding hydrogens is 526 g/mol. The lowest BCUT2D eigenvalue weighted by atomic mass is 10.1. The molecule has 5 aromatic rings. The van der Waals surface area contributed by atoms with Gasteiger partial charge in [-0.25, -0.2) is 9.97 Å². The monoisotopic (exact) mass is 561 g/mol. The smallest absolute Gasteiger partial charge is 0.227 e. The molecule has 4 heterocycles. The van der Waals surface area contributed by atoms with Gasteiger partial charge >= 0.3 is 0 Å². The van der Waals surface area contributed by atoms with Crippen molar-refractivity contribution in [2.45, 2.75) is 56.8 Å². The molecule has 2 aliphatic heterocycles. The molecule has 2 aliphatic rings. The number of hydrogen-bond donors (Lipinski definition) is 2. The summed E-state index contributed by atoms with van der Waals surface area (Å²) in [6.45, 7) is 1.56. The average Bonchev–Trinajstić information content (AvgIpc) is 3.83. The molecule has 0 saturated carbocycles. The number of nitrogens with one attached hydrogen (secondary N) is 1. The number of carbonyl (C=O) groups is 1. The van der Waals surface area contributed by atoms with Gasteiger partial charge in [0.2, 0.25) is 11.8 Å². The lowest BCUT2D eigenvalue weighted by Gasteiger charge is -2.28. The Balaban J connectivity index is 1.07. The lowest BCUT2D eigenvalue weighted by molar-refractivity contribution is -0.131. The quantitative estimate of drug-likeness (QED) is 0.248. The van der Waals surface area contributed by atoms with Gasteiger partial charge in [0.25, 0.3) is 0 Å². The van der Waals surface area contributed by atoms with Crippen molar-refractivity contribution in [3.63, 3.8) is 0 Å². The Labute approximate surface area is 245 Å². The predicted octanol–water partition coefficient (Wildman–Crippen LogP) is 5.82. The zero-order chi connectivity index (χ0) is 28.5. The first-order valence-corrected chi connectivity index (χ1v) is 14.9. The Bertz CT molecular complexity index is 1660. The van der Waals surface area contributed by atoms with E-state index < -0.39 is 6.23 Å². The summed E-state index contributed by atoms with van der Waals surface area (Å²) in [6.07, 6.45) is 5.91. The van der Waals surface area contributed by atoms with Crippen LogP contribution in [0.15, 0.2) is 89.5 Å². The van der Waals surface area contributed by atoms with Gasteiger partial charge in [-0.1, -0.05) is 60.7 Å². The molecule has 0 aliphatic carbocycles. The van der Waals surface area contributed by atoms with E-state index in [1.165, 1.54) is 0 Å². The number of likely N-dealkylation sites (tertiary alicyclic amines) is 2. The number of aliphatic hydroxyl groups is 1. The molecule has 0 radical (unpaired) electrons. The third-order valence-electron chi connectivity index (χ3n) is 8.62. The number of benzene rings is 3. The van der Waals surface area contributed by atoms with E-state index in [2.05, 4.69) is 27.0 Å². The molecule has 7 rings (SSSR count). The summed E-state index contributed by atoms with van der Waals surface area (Å²) < 4.78 is 6.26. The Morgan fingerprint density at radius 2 is 1.69 bits per heavy atom. The second kappa shape index (κ2) is 11.5. The van der Waals surface area contributed by atoms with E-state index in [4.69, 9.17) is 9.40 Å². The summed E-state index contributed by atoms with van der Waals surface area (Å²) in [5.41, 5.74) is 4.85. The predicted molar refractivity (Wildman–Crippen MR) is 160 cm³/mol. The molecule has 8 heteroatoms. The topological polar surface area (TPSA) is 98.5 Å². The molecule has 3 atom stereocenters. The minimum Gasteiger partial charge on any atom is -0.438 e. The van der Waals surface area contributed by atoms with E-state index in [1.807, 2.05) is 71.6 Å². The van der Waals surface area contributed by atoms with Gasteiger partial charge in [-0.15, -0.1) is 0 Å². The highest BCUT2D eigenvalue weighted by Gasteiger charge is 2.34. The van der Waals surface area contributed by atoms with Crippen LogP contribution in [0.4, 0.5) is 0 Å². The number of aromatic amines is 1. The zero-order valence-corrected chi connectivity index (χ0v) is 23.5. The van der Waals surface area contributed by atoms with E-state index in [1.54, 1.807) is 6.20 Å². The summed E-state index contributed by atoms with van der Waals surface area (Å²) in [4.78, 5) is 30.2. The zero-order valence-electron chi connectivity index (χ0n) is 23.5. The number of rotatable bonds is 8. The van der Waals surface area contributed by atoms with E-state index >= 15 is 0 Å². The molecular formula is C34H35N5O3. The number of carbonyl (C=O) groups excluding carboxylic acids is 1. The maximum atomic E-state index is 13.1. The molecule has 2 N–H and O–H groups in total. The molecule has 2 aromatic heterocycles. The fraction of sp³-hybridized carbons (Fsp3) is 0.324. The van der Waals surface area contributed by atoms with Crippen molar-refractivity contribution >= 4 is 16.9 Å². The molecule has 3 aromatic carbocycles. The molecule has 42 heavy (non-hydrogen) atoms. The highest BCUT2D eigenvalue weighted by atomic mass is 16.4. The summed E-state index contributed by atoms with van der Waals surface area (Å²) in [7, 11) is 0. The third kappa shape index (κ3) is 5.35. The molecule has 214 valence electrons. The highest BCUT2D eigenvalue weighted by Crippen LogP contribution is 2.36. The van der Waals surface area contributed by atoms with Gasteiger partial charge in [0.1, 0.15) is 18.1 Å². The summed E-state index contributed by atoms with van der Waals surface area (Å²) >= 11 is 0. The summed E-state index contributed by atoms with van der Waals surface area (Å²) in [5.74, 6) is 2.24. The van der Waals surface area contributed by atoms with Crippen LogP contribution in [0.2, 0.25) is 0 Å². The second-order valence-corrected chi connectivity index (χ2v) is 11.4. The normalized spacial score (nSPS) is 20.0. The largest absolute Gasteiger partial charge is 0.438 e. The number of imidazole rings is 1. The van der Waals surface area contributed by atoms with Crippen LogP contribution in [-0.4, -0.2) is 55.1 Å². The van der Waals surface area contributed by atoms with Crippen molar-refractivity contribution in [1.82, 2.24) is 24.8 Å². The number of H-pyrrole nitrogens is 1. The Morgan fingerprint density at radius 3 is 2.50 bits per heavy atom. The Hall–Kier alpha value is -4.27. The first kappa shape index (κ1) is 26.6. The first-order valence-electron chi connectivity index (χ1n) is 14.9. The van der Waals surface area contributed by atoms with Crippen LogP contribution in [0.25, 0.3) is 22.4 Å². The Kier molecular flexibility index (Phi) is 7.32. The molecule has 3 unspecified atom stereocenters. The molecule has 0 bridgehead atoms. The maximum absolute atomic E-state index is 13.1. The van der Waals surface area contributed by atoms with Crippen LogP contribution in [-0.2, 0) is 17.6 Å². The van der Waals surface area contributed by atoms with Crippen LogP contribution in [0.1, 0.15) is 60.6 Å². The third-order valence-corrected chi connectivity index (χ3v) is 8.62. The van der Waals surface area contributed by atoms with Crippen LogP contribution < -0.4 is 0 Å². The molecule has 1 amide bonds. The van der Waals surface area contributed by atoms with E-state index in [0.717, 1.165) is 72.3 Å². The summed E-state index contributed by atoms with van der Waals surface area (Å²) in [6, 6.07) is 25.9. The number of fused-ring (bicyclic) bond motifs is 1. The fourth-order valence-electron chi connectivity index (χ4n) is 6.49. The molecule has 2 fully saturated rings. The van der Waals surface area contributed by atoms with Gasteiger partial charge < -0.3 is 19.4 Å². The second-order valence-electron chi connectivity index (χ2n) is 11.4. The lowest BCUT2D eigenvalue weighted by Crippen LogP contribution is -2.36. The number of aliphatic hydroxyl groups excluding tert-OH is 1. The number of oxazole rings is 1. The molecule has 8 nitrogen and oxygen atoms in total. The minimum absolute atomic E-state index is 0.0400. The minimum atomic E-state index is -0.564. The van der Waals surface area contributed by atoms with Gasteiger partial charge in [0, 0.05) is 25.1 Å². The number of aromatic nitrogens is 3. The van der Waals surface area contributed by atoms with Crippen molar-refractivity contribution in [3.8, 4) is 11.3 Å². The van der Waals surface area contributed by atoms with Gasteiger partial charge in [-0.3, -0.25) is 9.69 Å². The fourth-order valence-corrected chi connectivity index (χ4v) is 6.49. The first-order chi connectivity index (χ1) is 20.6. The van der Waals surface area contributed by atoms with Crippen molar-refractivity contribution < 1.29 is 14.3 Å². The van der Waals surface area contributed by atoms with Crippen molar-refractivity contribution in [3.05, 3.63) is 108 Å². The average molecular weight is 562 g/mol. The number of hydrogen-bond acceptors (Lipinski definition) is 6. The van der Waals surface area contributed by atoms with Crippen molar-refractivity contribution in [2.24, 2.45) is 0 Å². The number of amides is 1. The number of nitrogens with zero attached hydrogens (tertiary/aromatic N) is 4. The van der Waals surface area contributed by atoms with E-state index in [0.29, 0.717) is 24.5 Å². The van der Waals surface area contributed by atoms with Crippen LogP contribution in [0.3, 0.4) is 0 Å². The molecule has 2 saturated heterocycles. The maximum Gasteiger partial charge on any atom is 0.227 e. The van der Waals surface area contributed by atoms with E-state index in [9.17, 15) is 9.90 Å². The van der Waals surface area contributed by atoms with Gasteiger partial charge in [0.05, 0.1) is 29.7 Å². The van der Waals surface area contributed by atoms with Crippen molar-refractivity contribution in [2.75, 3.05) is 13.1 Å². The summed E-state index contributed by atoms with van der Waals surface area (Å²) in [5, 5.41) is 11.1. The SMILES string of the molecule is O=C(Cc1ccccc1)N1CCCC1c1ncc(-c2ccc3nc(C4CCCN4C(O)Cc4ccccc4)[nH]c3c2)o1. The van der Waals surface area contributed by atoms with Gasteiger partial charge in [0.15, 0.2) is 5.76 Å². The molecule has 0 spiro atoms. The van der Waals surface area contributed by atoms with Gasteiger partial charge in [-0.05, 0) is 55.0 Å². The van der Waals surface area contributed by atoms with Crippen molar-refractivity contribution in [1.29, 1.82) is 0 Å². The van der Waals surface area contributed by atoms with Crippen LogP contribution >= 0.6 is 0 Å². The Morgan fingerprint density at radius 1 is 0.952 bits per heavy atom.